The van der Waals surface area contributed by atoms with Gasteiger partial charge in [0.05, 0.1) is 6.10 Å². The molecule has 1 aliphatic heterocycles. The summed E-state index contributed by atoms with van der Waals surface area (Å²) in [5, 5.41) is 10.2. The van der Waals surface area contributed by atoms with Gasteiger partial charge in [0.2, 0.25) is 0 Å². The number of halogens is 1. The Hall–Kier alpha value is -0.580. The number of thioether (sulfide) groups is 1. The topological polar surface area (TPSA) is 23.5 Å². The van der Waals surface area contributed by atoms with Crippen LogP contribution in [0.25, 0.3) is 0 Å². The Bertz CT molecular complexity index is 427. The molecule has 1 saturated heterocycles. The molecule has 19 heavy (non-hydrogen) atoms. The zero-order valence-electron chi connectivity index (χ0n) is 11.6. The fourth-order valence-corrected chi connectivity index (χ4v) is 3.45. The molecule has 2 rings (SSSR count). The van der Waals surface area contributed by atoms with Crippen LogP contribution in [-0.2, 0) is 0 Å². The lowest BCUT2D eigenvalue weighted by molar-refractivity contribution is 0.132. The second-order valence-corrected chi connectivity index (χ2v) is 6.42. The first-order chi connectivity index (χ1) is 9.08. The second-order valence-electron chi connectivity index (χ2n) is 5.27. The van der Waals surface area contributed by atoms with E-state index in [0.717, 1.165) is 18.8 Å². The fraction of sp³-hybridized carbons (Fsp3) is 0.600. The van der Waals surface area contributed by atoms with Crippen LogP contribution in [-0.4, -0.2) is 40.6 Å². The summed E-state index contributed by atoms with van der Waals surface area (Å²) in [6.45, 7) is 5.92. The summed E-state index contributed by atoms with van der Waals surface area (Å²) in [5.74, 6) is 2.09. The SMILES string of the molecule is Cc1ccc(C(O)CCN2CCSCC2C)cc1F. The zero-order valence-corrected chi connectivity index (χ0v) is 12.4. The molecule has 1 aromatic rings. The van der Waals surface area contributed by atoms with Crippen LogP contribution >= 0.6 is 11.8 Å². The molecular weight excluding hydrogens is 261 g/mol. The average molecular weight is 283 g/mol. The highest BCUT2D eigenvalue weighted by atomic mass is 32.2. The van der Waals surface area contributed by atoms with Crippen molar-refractivity contribution >= 4 is 11.8 Å². The van der Waals surface area contributed by atoms with Crippen LogP contribution in [0.2, 0.25) is 0 Å². The average Bonchev–Trinajstić information content (AvgIpc) is 2.40. The molecule has 0 bridgehead atoms. The lowest BCUT2D eigenvalue weighted by Crippen LogP contribution is -2.41. The molecule has 0 amide bonds. The van der Waals surface area contributed by atoms with Crippen LogP contribution in [0.3, 0.4) is 0 Å². The van der Waals surface area contributed by atoms with Crippen molar-refractivity contribution in [2.75, 3.05) is 24.6 Å². The van der Waals surface area contributed by atoms with Gasteiger partial charge in [-0.15, -0.1) is 0 Å². The van der Waals surface area contributed by atoms with Gasteiger partial charge in [0.15, 0.2) is 0 Å². The Morgan fingerprint density at radius 3 is 3.00 bits per heavy atom. The molecule has 2 unspecified atom stereocenters. The van der Waals surface area contributed by atoms with Gasteiger partial charge in [-0.3, -0.25) is 4.90 Å². The summed E-state index contributed by atoms with van der Waals surface area (Å²) in [5.41, 5.74) is 1.31. The van der Waals surface area contributed by atoms with E-state index in [-0.39, 0.29) is 5.82 Å². The van der Waals surface area contributed by atoms with Gasteiger partial charge < -0.3 is 5.11 Å². The molecule has 2 nitrogen and oxygen atoms in total. The highest BCUT2D eigenvalue weighted by Crippen LogP contribution is 2.22. The summed E-state index contributed by atoms with van der Waals surface area (Å²) in [6, 6.07) is 5.57. The zero-order chi connectivity index (χ0) is 13.8. The molecule has 2 atom stereocenters. The standard InChI is InChI=1S/C15H22FNOS/c1-11-3-4-13(9-14(11)16)15(18)5-6-17-7-8-19-10-12(17)2/h3-4,9,12,15,18H,5-8,10H2,1-2H3. The number of benzene rings is 1. The van der Waals surface area contributed by atoms with Crippen LogP contribution in [0, 0.1) is 12.7 Å². The molecule has 0 aliphatic carbocycles. The Morgan fingerprint density at radius 2 is 2.32 bits per heavy atom. The molecule has 0 radical (unpaired) electrons. The van der Waals surface area contributed by atoms with Gasteiger partial charge >= 0.3 is 0 Å². The quantitative estimate of drug-likeness (QED) is 0.919. The number of rotatable bonds is 4. The number of aliphatic hydroxyl groups is 1. The third-order valence-electron chi connectivity index (χ3n) is 3.78. The van der Waals surface area contributed by atoms with Crippen LogP contribution in [0.5, 0.6) is 0 Å². The minimum Gasteiger partial charge on any atom is -0.388 e. The lowest BCUT2D eigenvalue weighted by atomic mass is 10.0. The van der Waals surface area contributed by atoms with Crippen molar-refractivity contribution in [3.05, 3.63) is 35.1 Å². The number of aliphatic hydroxyl groups excluding tert-OH is 1. The molecular formula is C15H22FNOS. The van der Waals surface area contributed by atoms with Gasteiger partial charge in [-0.2, -0.15) is 11.8 Å². The smallest absolute Gasteiger partial charge is 0.126 e. The maximum atomic E-state index is 13.5. The van der Waals surface area contributed by atoms with Gasteiger partial charge in [0.25, 0.3) is 0 Å². The van der Waals surface area contributed by atoms with E-state index in [1.807, 2.05) is 17.8 Å². The predicted octanol–water partition coefficient (Wildman–Crippen LogP) is 2.99. The van der Waals surface area contributed by atoms with Gasteiger partial charge in [0, 0.05) is 30.6 Å². The first-order valence-electron chi connectivity index (χ1n) is 6.84. The number of nitrogens with zero attached hydrogens (tertiary/aromatic N) is 1. The van der Waals surface area contributed by atoms with E-state index >= 15 is 0 Å². The number of hydrogen-bond donors (Lipinski definition) is 1. The van der Waals surface area contributed by atoms with Crippen molar-refractivity contribution < 1.29 is 9.50 Å². The molecule has 1 heterocycles. The number of aryl methyl sites for hydroxylation is 1. The van der Waals surface area contributed by atoms with E-state index in [1.165, 1.54) is 11.8 Å². The minimum absolute atomic E-state index is 0.237. The van der Waals surface area contributed by atoms with Crippen LogP contribution in [0.15, 0.2) is 18.2 Å². The number of hydrogen-bond acceptors (Lipinski definition) is 3. The molecule has 4 heteroatoms. The van der Waals surface area contributed by atoms with Crippen LogP contribution < -0.4 is 0 Å². The van der Waals surface area contributed by atoms with Gasteiger partial charge in [-0.25, -0.2) is 4.39 Å². The molecule has 0 saturated carbocycles. The summed E-state index contributed by atoms with van der Waals surface area (Å²) in [7, 11) is 0. The van der Waals surface area contributed by atoms with Crippen molar-refractivity contribution in [1.29, 1.82) is 0 Å². The highest BCUT2D eigenvalue weighted by Gasteiger charge is 2.19. The van der Waals surface area contributed by atoms with Gasteiger partial charge in [-0.05, 0) is 37.5 Å². The summed E-state index contributed by atoms with van der Waals surface area (Å²) < 4.78 is 13.5. The first kappa shape index (κ1) is 14.8. The van der Waals surface area contributed by atoms with Crippen molar-refractivity contribution in [3.8, 4) is 0 Å². The Kier molecular flexibility index (Phi) is 5.25. The van der Waals surface area contributed by atoms with E-state index in [4.69, 9.17) is 0 Å². The van der Waals surface area contributed by atoms with E-state index < -0.39 is 6.10 Å². The van der Waals surface area contributed by atoms with E-state index in [1.54, 1.807) is 13.0 Å². The van der Waals surface area contributed by atoms with Crippen molar-refractivity contribution in [1.82, 2.24) is 4.90 Å². The third kappa shape index (κ3) is 3.94. The predicted molar refractivity (Wildman–Crippen MR) is 79.1 cm³/mol. The summed E-state index contributed by atoms with van der Waals surface area (Å²) in [6.07, 6.45) is 0.0919. The molecule has 1 N–H and O–H groups in total. The van der Waals surface area contributed by atoms with E-state index in [0.29, 0.717) is 23.6 Å². The normalized spacial score (nSPS) is 22.4. The lowest BCUT2D eigenvalue weighted by Gasteiger charge is -2.33. The molecule has 1 aromatic carbocycles. The molecule has 1 aliphatic rings. The van der Waals surface area contributed by atoms with Crippen molar-refractivity contribution in [2.45, 2.75) is 32.4 Å². The van der Waals surface area contributed by atoms with Gasteiger partial charge in [0.1, 0.15) is 5.82 Å². The third-order valence-corrected chi connectivity index (χ3v) is 4.97. The fourth-order valence-electron chi connectivity index (χ4n) is 2.36. The van der Waals surface area contributed by atoms with Crippen molar-refractivity contribution in [2.24, 2.45) is 0 Å². The maximum absolute atomic E-state index is 13.5. The Labute approximate surface area is 119 Å². The molecule has 0 aromatic heterocycles. The second kappa shape index (κ2) is 6.73. The monoisotopic (exact) mass is 283 g/mol. The first-order valence-corrected chi connectivity index (χ1v) is 7.99. The molecule has 0 spiro atoms. The maximum Gasteiger partial charge on any atom is 0.126 e. The van der Waals surface area contributed by atoms with E-state index in [9.17, 15) is 9.50 Å². The summed E-state index contributed by atoms with van der Waals surface area (Å²) >= 11 is 1.99. The van der Waals surface area contributed by atoms with Crippen LogP contribution in [0.1, 0.15) is 30.6 Å². The van der Waals surface area contributed by atoms with E-state index in [2.05, 4.69) is 11.8 Å². The minimum atomic E-state index is -0.572. The van der Waals surface area contributed by atoms with Crippen LogP contribution in [0.4, 0.5) is 4.39 Å². The Morgan fingerprint density at radius 1 is 1.53 bits per heavy atom. The van der Waals surface area contributed by atoms with Gasteiger partial charge in [-0.1, -0.05) is 12.1 Å². The summed E-state index contributed by atoms with van der Waals surface area (Å²) in [4.78, 5) is 2.41. The van der Waals surface area contributed by atoms with Crippen molar-refractivity contribution in [3.63, 3.8) is 0 Å². The molecule has 1 fully saturated rings. The Balaban J connectivity index is 1.89. The largest absolute Gasteiger partial charge is 0.388 e. The highest BCUT2D eigenvalue weighted by molar-refractivity contribution is 7.99. The molecule has 106 valence electrons.